The Labute approximate surface area is 148 Å². The average molecular weight is 349 g/mol. The fourth-order valence-electron chi connectivity index (χ4n) is 2.58. The molecule has 0 unspecified atom stereocenters. The van der Waals surface area contributed by atoms with Crippen molar-refractivity contribution in [1.82, 2.24) is 15.3 Å². The fraction of sp³-hybridized carbons (Fsp3) is 0.500. The van der Waals surface area contributed by atoms with Gasteiger partial charge in [0.1, 0.15) is 12.1 Å². The Balaban J connectivity index is 2.98. The number of nitrogens with one attached hydrogen (secondary N) is 1. The second-order valence-electron chi connectivity index (χ2n) is 6.30. The van der Waals surface area contributed by atoms with Crippen molar-refractivity contribution in [2.45, 2.75) is 32.4 Å². The monoisotopic (exact) mass is 349 g/mol. The van der Waals surface area contributed by atoms with E-state index in [9.17, 15) is 14.4 Å². The standard InChI is InChI=1S/C18H27N3O4/c1-13(2)16(21(12-22)20(3)4)17(23)19-15(18(24)25-5)11-14-9-7-6-8-10-14/h6-10,12-13,15-16H,11H2,1-5H3,(H,19,23)/t15-,16-/m0/s1. The van der Waals surface area contributed by atoms with Crippen LogP contribution < -0.4 is 5.32 Å². The van der Waals surface area contributed by atoms with Gasteiger partial charge in [-0.3, -0.25) is 14.6 Å². The van der Waals surface area contributed by atoms with Gasteiger partial charge in [-0.05, 0) is 11.5 Å². The highest BCUT2D eigenvalue weighted by Gasteiger charge is 2.33. The second kappa shape index (κ2) is 9.78. The topological polar surface area (TPSA) is 79.0 Å². The summed E-state index contributed by atoms with van der Waals surface area (Å²) in [5.41, 5.74) is 0.902. The molecule has 0 heterocycles. The Morgan fingerprint density at radius 1 is 1.20 bits per heavy atom. The molecule has 7 nitrogen and oxygen atoms in total. The number of carbonyl (C=O) groups is 3. The van der Waals surface area contributed by atoms with Crippen molar-refractivity contribution in [3.05, 3.63) is 35.9 Å². The molecule has 0 saturated heterocycles. The SMILES string of the molecule is COC(=O)[C@H](Cc1ccccc1)NC(=O)[C@H](C(C)C)N(C=O)N(C)C. The molecule has 0 radical (unpaired) electrons. The van der Waals surface area contributed by atoms with E-state index in [2.05, 4.69) is 5.32 Å². The van der Waals surface area contributed by atoms with Crippen molar-refractivity contribution in [3.8, 4) is 0 Å². The quantitative estimate of drug-likeness (QED) is 0.406. The van der Waals surface area contributed by atoms with Gasteiger partial charge in [0.25, 0.3) is 0 Å². The molecule has 25 heavy (non-hydrogen) atoms. The first-order valence-electron chi connectivity index (χ1n) is 8.14. The van der Waals surface area contributed by atoms with Crippen molar-refractivity contribution in [3.63, 3.8) is 0 Å². The molecule has 0 aliphatic rings. The minimum absolute atomic E-state index is 0.136. The molecule has 1 rings (SSSR count). The van der Waals surface area contributed by atoms with E-state index < -0.39 is 24.0 Å². The summed E-state index contributed by atoms with van der Waals surface area (Å²) in [7, 11) is 4.64. The van der Waals surface area contributed by atoms with Gasteiger partial charge in [-0.15, -0.1) is 0 Å². The average Bonchev–Trinajstić information content (AvgIpc) is 2.58. The number of hydrogen-bond donors (Lipinski definition) is 1. The fourth-order valence-corrected chi connectivity index (χ4v) is 2.58. The zero-order valence-corrected chi connectivity index (χ0v) is 15.4. The van der Waals surface area contributed by atoms with Crippen molar-refractivity contribution in [2.24, 2.45) is 5.92 Å². The molecule has 0 aromatic heterocycles. The van der Waals surface area contributed by atoms with Crippen LogP contribution in [-0.2, 0) is 25.5 Å². The number of carbonyl (C=O) groups excluding carboxylic acids is 3. The van der Waals surface area contributed by atoms with Crippen molar-refractivity contribution in [2.75, 3.05) is 21.2 Å². The van der Waals surface area contributed by atoms with Crippen LogP contribution >= 0.6 is 0 Å². The number of nitrogens with zero attached hydrogens (tertiary/aromatic N) is 2. The van der Waals surface area contributed by atoms with Crippen LogP contribution in [0.25, 0.3) is 0 Å². The van der Waals surface area contributed by atoms with E-state index in [1.807, 2.05) is 44.2 Å². The molecule has 2 amide bonds. The zero-order valence-electron chi connectivity index (χ0n) is 15.4. The van der Waals surface area contributed by atoms with Crippen molar-refractivity contribution < 1.29 is 19.1 Å². The van der Waals surface area contributed by atoms with Crippen LogP contribution in [0.1, 0.15) is 19.4 Å². The largest absolute Gasteiger partial charge is 0.467 e. The third-order valence-corrected chi connectivity index (χ3v) is 3.84. The van der Waals surface area contributed by atoms with E-state index in [-0.39, 0.29) is 5.92 Å². The first kappa shape index (κ1) is 20.6. The van der Waals surface area contributed by atoms with Gasteiger partial charge in [-0.25, -0.2) is 9.80 Å². The number of ether oxygens (including phenoxy) is 1. The lowest BCUT2D eigenvalue weighted by molar-refractivity contribution is -0.152. The maximum absolute atomic E-state index is 12.8. The predicted molar refractivity (Wildman–Crippen MR) is 94.3 cm³/mol. The van der Waals surface area contributed by atoms with E-state index in [1.165, 1.54) is 12.1 Å². The third-order valence-electron chi connectivity index (χ3n) is 3.84. The molecular weight excluding hydrogens is 322 g/mol. The lowest BCUT2D eigenvalue weighted by atomic mass is 10.0. The Bertz CT molecular complexity index is 575. The van der Waals surface area contributed by atoms with Crippen LogP contribution in [-0.4, -0.2) is 61.6 Å². The smallest absolute Gasteiger partial charge is 0.328 e. The summed E-state index contributed by atoms with van der Waals surface area (Å²) < 4.78 is 4.81. The maximum atomic E-state index is 12.8. The molecule has 0 saturated carbocycles. The van der Waals surface area contributed by atoms with Gasteiger partial charge < -0.3 is 10.1 Å². The van der Waals surface area contributed by atoms with Gasteiger partial charge in [0.05, 0.1) is 7.11 Å². The molecule has 0 aliphatic carbocycles. The molecule has 1 aromatic carbocycles. The number of hydrogen-bond acceptors (Lipinski definition) is 5. The summed E-state index contributed by atoms with van der Waals surface area (Å²) in [6.45, 7) is 3.68. The van der Waals surface area contributed by atoms with Gasteiger partial charge in [-0.1, -0.05) is 44.2 Å². The molecule has 1 N–H and O–H groups in total. The van der Waals surface area contributed by atoms with Gasteiger partial charge in [0.2, 0.25) is 12.3 Å². The third kappa shape index (κ3) is 5.86. The summed E-state index contributed by atoms with van der Waals surface area (Å²) in [4.78, 5) is 36.2. The number of benzene rings is 1. The van der Waals surface area contributed by atoms with Gasteiger partial charge in [-0.2, -0.15) is 0 Å². The number of esters is 1. The van der Waals surface area contributed by atoms with Crippen LogP contribution in [0, 0.1) is 5.92 Å². The molecule has 0 aliphatic heterocycles. The molecule has 0 bridgehead atoms. The van der Waals surface area contributed by atoms with Gasteiger partial charge in [0, 0.05) is 20.5 Å². The van der Waals surface area contributed by atoms with Gasteiger partial charge >= 0.3 is 5.97 Å². The molecule has 138 valence electrons. The number of methoxy groups -OCH3 is 1. The number of hydrazine groups is 1. The molecule has 7 heteroatoms. The normalized spacial score (nSPS) is 13.2. The van der Waals surface area contributed by atoms with E-state index in [1.54, 1.807) is 19.1 Å². The van der Waals surface area contributed by atoms with Crippen molar-refractivity contribution in [1.29, 1.82) is 0 Å². The first-order chi connectivity index (χ1) is 11.8. The van der Waals surface area contributed by atoms with Crippen molar-refractivity contribution >= 4 is 18.3 Å². The van der Waals surface area contributed by atoms with Crippen LogP contribution in [0.5, 0.6) is 0 Å². The summed E-state index contributed by atoms with van der Waals surface area (Å²) >= 11 is 0. The molecule has 1 aromatic rings. The lowest BCUT2D eigenvalue weighted by Crippen LogP contribution is -2.57. The van der Waals surface area contributed by atoms with Crippen LogP contribution in [0.3, 0.4) is 0 Å². The van der Waals surface area contributed by atoms with Gasteiger partial charge in [0.15, 0.2) is 0 Å². The second-order valence-corrected chi connectivity index (χ2v) is 6.30. The highest BCUT2D eigenvalue weighted by Crippen LogP contribution is 2.12. The Hall–Kier alpha value is -2.41. The maximum Gasteiger partial charge on any atom is 0.328 e. The zero-order chi connectivity index (χ0) is 19.0. The van der Waals surface area contributed by atoms with Crippen LogP contribution in [0.2, 0.25) is 0 Å². The highest BCUT2D eigenvalue weighted by atomic mass is 16.5. The summed E-state index contributed by atoms with van der Waals surface area (Å²) in [5.74, 6) is -1.06. The first-order valence-corrected chi connectivity index (χ1v) is 8.14. The molecule has 0 spiro atoms. The molecular formula is C18H27N3O4. The van der Waals surface area contributed by atoms with E-state index in [4.69, 9.17) is 4.74 Å². The lowest BCUT2D eigenvalue weighted by Gasteiger charge is -2.35. The summed E-state index contributed by atoms with van der Waals surface area (Å²) in [5, 5.41) is 5.57. The van der Waals surface area contributed by atoms with E-state index in [0.29, 0.717) is 12.8 Å². The predicted octanol–water partition coefficient (Wildman–Crippen LogP) is 0.847. The molecule has 0 fully saturated rings. The van der Waals surface area contributed by atoms with Crippen LogP contribution in [0.4, 0.5) is 0 Å². The highest BCUT2D eigenvalue weighted by molar-refractivity contribution is 5.88. The van der Waals surface area contributed by atoms with Crippen LogP contribution in [0.15, 0.2) is 30.3 Å². The number of rotatable bonds is 9. The van der Waals surface area contributed by atoms with E-state index >= 15 is 0 Å². The Morgan fingerprint density at radius 2 is 1.80 bits per heavy atom. The van der Waals surface area contributed by atoms with E-state index in [0.717, 1.165) is 5.56 Å². The summed E-state index contributed by atoms with van der Waals surface area (Å²) in [6.07, 6.45) is 0.918. The number of amides is 2. The Kier molecular flexibility index (Phi) is 8.07. The Morgan fingerprint density at radius 3 is 2.24 bits per heavy atom. The minimum Gasteiger partial charge on any atom is -0.467 e. The molecule has 2 atom stereocenters. The summed E-state index contributed by atoms with van der Waals surface area (Å²) in [6, 6.07) is 7.81. The minimum atomic E-state index is -0.822.